The molecule has 0 N–H and O–H groups in total. The third-order valence-electron chi connectivity index (χ3n) is 2.91. The SMILES string of the molecule is CCOCC1(C)CCCC1OC. The topological polar surface area (TPSA) is 18.5 Å². The standard InChI is InChI=1S/C10H20O2/c1-4-12-8-10(2)7-5-6-9(10)11-3/h9H,4-8H2,1-3H3. The zero-order chi connectivity index (χ0) is 9.03. The normalized spacial score (nSPS) is 35.8. The molecule has 0 saturated heterocycles. The second kappa shape index (κ2) is 4.24. The molecule has 0 aliphatic heterocycles. The Hall–Kier alpha value is -0.0800. The van der Waals surface area contributed by atoms with Crippen molar-refractivity contribution in [3.05, 3.63) is 0 Å². The fourth-order valence-corrected chi connectivity index (χ4v) is 2.10. The minimum atomic E-state index is 0.269. The molecule has 0 radical (unpaired) electrons. The van der Waals surface area contributed by atoms with Crippen molar-refractivity contribution in [3.63, 3.8) is 0 Å². The monoisotopic (exact) mass is 172 g/mol. The highest BCUT2D eigenvalue weighted by Crippen LogP contribution is 2.39. The van der Waals surface area contributed by atoms with Gasteiger partial charge in [0.1, 0.15) is 0 Å². The molecule has 0 aromatic rings. The van der Waals surface area contributed by atoms with E-state index in [2.05, 4.69) is 6.92 Å². The Balaban J connectivity index is 2.43. The predicted molar refractivity (Wildman–Crippen MR) is 49.2 cm³/mol. The molecule has 12 heavy (non-hydrogen) atoms. The lowest BCUT2D eigenvalue weighted by Crippen LogP contribution is -2.33. The van der Waals surface area contributed by atoms with E-state index in [1.807, 2.05) is 6.92 Å². The summed E-state index contributed by atoms with van der Waals surface area (Å²) in [5, 5.41) is 0. The van der Waals surface area contributed by atoms with Crippen LogP contribution in [0.4, 0.5) is 0 Å². The van der Waals surface area contributed by atoms with Crippen molar-refractivity contribution in [3.8, 4) is 0 Å². The van der Waals surface area contributed by atoms with E-state index in [0.29, 0.717) is 6.10 Å². The molecule has 1 aliphatic rings. The summed E-state index contributed by atoms with van der Waals surface area (Å²) in [5.74, 6) is 0. The molecule has 72 valence electrons. The van der Waals surface area contributed by atoms with Gasteiger partial charge in [-0.25, -0.2) is 0 Å². The number of rotatable bonds is 4. The second-order valence-electron chi connectivity index (χ2n) is 3.91. The number of hydrogen-bond donors (Lipinski definition) is 0. The first-order valence-corrected chi connectivity index (χ1v) is 4.83. The van der Waals surface area contributed by atoms with E-state index in [-0.39, 0.29) is 5.41 Å². The fraction of sp³-hybridized carbons (Fsp3) is 1.00. The smallest absolute Gasteiger partial charge is 0.0646 e. The zero-order valence-electron chi connectivity index (χ0n) is 8.43. The van der Waals surface area contributed by atoms with Gasteiger partial charge in [0.25, 0.3) is 0 Å². The Morgan fingerprint density at radius 1 is 1.50 bits per heavy atom. The predicted octanol–water partition coefficient (Wildman–Crippen LogP) is 2.23. The highest BCUT2D eigenvalue weighted by atomic mass is 16.5. The largest absolute Gasteiger partial charge is 0.381 e. The lowest BCUT2D eigenvalue weighted by molar-refractivity contribution is -0.0337. The van der Waals surface area contributed by atoms with Crippen molar-refractivity contribution in [1.82, 2.24) is 0 Å². The number of hydrogen-bond acceptors (Lipinski definition) is 2. The van der Waals surface area contributed by atoms with Crippen LogP contribution < -0.4 is 0 Å². The Labute approximate surface area is 75.2 Å². The van der Waals surface area contributed by atoms with Crippen LogP contribution in [0.15, 0.2) is 0 Å². The molecule has 0 spiro atoms. The van der Waals surface area contributed by atoms with E-state index >= 15 is 0 Å². The Morgan fingerprint density at radius 2 is 2.25 bits per heavy atom. The lowest BCUT2D eigenvalue weighted by Gasteiger charge is -2.29. The van der Waals surface area contributed by atoms with Gasteiger partial charge in [-0.05, 0) is 19.8 Å². The molecule has 1 fully saturated rings. The van der Waals surface area contributed by atoms with Crippen molar-refractivity contribution < 1.29 is 9.47 Å². The third-order valence-corrected chi connectivity index (χ3v) is 2.91. The van der Waals surface area contributed by atoms with Gasteiger partial charge in [0.2, 0.25) is 0 Å². The average Bonchev–Trinajstić information content (AvgIpc) is 2.44. The van der Waals surface area contributed by atoms with E-state index in [9.17, 15) is 0 Å². The van der Waals surface area contributed by atoms with Gasteiger partial charge < -0.3 is 9.47 Å². The molecule has 2 unspecified atom stereocenters. The summed E-state index contributed by atoms with van der Waals surface area (Å²) in [6, 6.07) is 0. The van der Waals surface area contributed by atoms with Crippen LogP contribution in [0.2, 0.25) is 0 Å². The first-order valence-electron chi connectivity index (χ1n) is 4.83. The van der Waals surface area contributed by atoms with Gasteiger partial charge in [-0.15, -0.1) is 0 Å². The first-order chi connectivity index (χ1) is 5.73. The van der Waals surface area contributed by atoms with Crippen LogP contribution >= 0.6 is 0 Å². The highest BCUT2D eigenvalue weighted by Gasteiger charge is 2.38. The maximum absolute atomic E-state index is 5.47. The summed E-state index contributed by atoms with van der Waals surface area (Å²) in [6.45, 7) is 5.97. The van der Waals surface area contributed by atoms with Crippen molar-refractivity contribution in [2.45, 2.75) is 39.2 Å². The van der Waals surface area contributed by atoms with Gasteiger partial charge in [-0.3, -0.25) is 0 Å². The molecule has 2 atom stereocenters. The van der Waals surface area contributed by atoms with Crippen molar-refractivity contribution in [1.29, 1.82) is 0 Å². The van der Waals surface area contributed by atoms with Crippen LogP contribution in [0.25, 0.3) is 0 Å². The zero-order valence-corrected chi connectivity index (χ0v) is 8.43. The molecule has 2 nitrogen and oxygen atoms in total. The third kappa shape index (κ3) is 1.99. The highest BCUT2D eigenvalue weighted by molar-refractivity contribution is 4.89. The quantitative estimate of drug-likeness (QED) is 0.647. The van der Waals surface area contributed by atoms with Gasteiger partial charge >= 0.3 is 0 Å². The van der Waals surface area contributed by atoms with Crippen LogP contribution in [0.3, 0.4) is 0 Å². The molecule has 0 amide bonds. The van der Waals surface area contributed by atoms with Gasteiger partial charge in [0.05, 0.1) is 12.7 Å². The maximum atomic E-state index is 5.47. The van der Waals surface area contributed by atoms with Crippen molar-refractivity contribution >= 4 is 0 Å². The molecule has 0 bridgehead atoms. The molecule has 0 aromatic heterocycles. The molecular formula is C10H20O2. The molecule has 0 aromatic carbocycles. The van der Waals surface area contributed by atoms with Crippen LogP contribution in [-0.2, 0) is 9.47 Å². The average molecular weight is 172 g/mol. The van der Waals surface area contributed by atoms with Gasteiger partial charge in [-0.2, -0.15) is 0 Å². The molecule has 0 heterocycles. The van der Waals surface area contributed by atoms with Crippen molar-refractivity contribution in [2.75, 3.05) is 20.3 Å². The molecule has 2 heteroatoms. The van der Waals surface area contributed by atoms with Gasteiger partial charge in [-0.1, -0.05) is 13.3 Å². The molecule has 1 aliphatic carbocycles. The van der Waals surface area contributed by atoms with Crippen LogP contribution in [-0.4, -0.2) is 26.4 Å². The fourth-order valence-electron chi connectivity index (χ4n) is 2.10. The molecule has 1 rings (SSSR count). The van der Waals surface area contributed by atoms with E-state index < -0.39 is 0 Å². The summed E-state index contributed by atoms with van der Waals surface area (Å²) in [7, 11) is 1.81. The van der Waals surface area contributed by atoms with Gasteiger partial charge in [0.15, 0.2) is 0 Å². The maximum Gasteiger partial charge on any atom is 0.0646 e. The van der Waals surface area contributed by atoms with E-state index in [0.717, 1.165) is 13.2 Å². The Bertz CT molecular complexity index is 136. The summed E-state index contributed by atoms with van der Waals surface area (Å²) < 4.78 is 10.9. The second-order valence-corrected chi connectivity index (χ2v) is 3.91. The van der Waals surface area contributed by atoms with E-state index in [1.54, 1.807) is 7.11 Å². The number of methoxy groups -OCH3 is 1. The van der Waals surface area contributed by atoms with Crippen LogP contribution in [0, 0.1) is 5.41 Å². The summed E-state index contributed by atoms with van der Waals surface area (Å²) >= 11 is 0. The van der Waals surface area contributed by atoms with E-state index in [1.165, 1.54) is 19.3 Å². The summed E-state index contributed by atoms with van der Waals surface area (Å²) in [6.07, 6.45) is 4.12. The summed E-state index contributed by atoms with van der Waals surface area (Å²) in [4.78, 5) is 0. The molecular weight excluding hydrogens is 152 g/mol. The van der Waals surface area contributed by atoms with Crippen LogP contribution in [0.1, 0.15) is 33.1 Å². The number of ether oxygens (including phenoxy) is 2. The van der Waals surface area contributed by atoms with Gasteiger partial charge in [0, 0.05) is 19.1 Å². The lowest BCUT2D eigenvalue weighted by atomic mass is 9.87. The van der Waals surface area contributed by atoms with Crippen molar-refractivity contribution in [2.24, 2.45) is 5.41 Å². The Kier molecular flexibility index (Phi) is 3.53. The first kappa shape index (κ1) is 10.0. The minimum absolute atomic E-state index is 0.269. The molecule has 1 saturated carbocycles. The van der Waals surface area contributed by atoms with E-state index in [4.69, 9.17) is 9.47 Å². The minimum Gasteiger partial charge on any atom is -0.381 e. The summed E-state index contributed by atoms with van der Waals surface area (Å²) in [5.41, 5.74) is 0.269. The van der Waals surface area contributed by atoms with Crippen LogP contribution in [0.5, 0.6) is 0 Å². The Morgan fingerprint density at radius 3 is 2.83 bits per heavy atom.